The predicted octanol–water partition coefficient (Wildman–Crippen LogP) is 1.34. The second kappa shape index (κ2) is 8.27. The van der Waals surface area contributed by atoms with Gasteiger partial charge in [0.1, 0.15) is 18.0 Å². The van der Waals surface area contributed by atoms with Gasteiger partial charge in [0.2, 0.25) is 0 Å². The van der Waals surface area contributed by atoms with E-state index < -0.39 is 18.3 Å². The molecule has 7 nitrogen and oxygen atoms in total. The van der Waals surface area contributed by atoms with E-state index in [4.69, 9.17) is 9.47 Å². The molecule has 7 heteroatoms. The lowest BCUT2D eigenvalue weighted by Crippen LogP contribution is -2.42. The average Bonchev–Trinajstić information content (AvgIpc) is 3.22. The number of methoxy groups -OCH3 is 1. The quantitative estimate of drug-likeness (QED) is 0.563. The van der Waals surface area contributed by atoms with Gasteiger partial charge in [0.15, 0.2) is 0 Å². The maximum atomic E-state index is 12.2. The number of carbonyl (C=O) groups is 1. The zero-order valence-corrected chi connectivity index (χ0v) is 16.4. The molecule has 1 amide bonds. The van der Waals surface area contributed by atoms with Gasteiger partial charge in [-0.3, -0.25) is 0 Å². The van der Waals surface area contributed by atoms with Gasteiger partial charge in [0, 0.05) is 24.7 Å². The minimum Gasteiger partial charge on any atom is -0.497 e. The third kappa shape index (κ3) is 4.59. The van der Waals surface area contributed by atoms with Crippen LogP contribution in [0.5, 0.6) is 5.75 Å². The van der Waals surface area contributed by atoms with E-state index in [0.717, 1.165) is 17.7 Å². The van der Waals surface area contributed by atoms with Gasteiger partial charge in [0.25, 0.3) is 0 Å². The first-order valence-electron chi connectivity index (χ1n) is 10.3. The molecule has 28 heavy (non-hydrogen) atoms. The van der Waals surface area contributed by atoms with E-state index in [0.29, 0.717) is 31.1 Å². The maximum absolute atomic E-state index is 12.2. The Balaban J connectivity index is 1.22. The maximum Gasteiger partial charge on any atom is 0.407 e. The van der Waals surface area contributed by atoms with Crippen molar-refractivity contribution < 1.29 is 19.4 Å². The number of aliphatic hydroxyl groups is 1. The minimum atomic E-state index is -0.694. The first-order valence-corrected chi connectivity index (χ1v) is 10.3. The number of β-amino-alcohol motifs (C(OH)–C–C–N with tert-alkyl or cyclic N) is 1. The van der Waals surface area contributed by atoms with Gasteiger partial charge in [-0.1, -0.05) is 12.1 Å². The van der Waals surface area contributed by atoms with Crippen molar-refractivity contribution in [2.45, 2.75) is 68.4 Å². The summed E-state index contributed by atoms with van der Waals surface area (Å²) >= 11 is 0. The largest absolute Gasteiger partial charge is 0.497 e. The number of carbonyl (C=O) groups excluding carboxylic acids is 1. The topological polar surface area (TPSA) is 91.8 Å². The number of benzene rings is 1. The average molecular weight is 389 g/mol. The Labute approximate surface area is 166 Å². The molecule has 1 aliphatic carbocycles. The Bertz CT molecular complexity index is 677. The van der Waals surface area contributed by atoms with Crippen molar-refractivity contribution in [3.8, 4) is 5.75 Å². The van der Waals surface area contributed by atoms with Gasteiger partial charge >= 0.3 is 6.09 Å². The zero-order valence-electron chi connectivity index (χ0n) is 16.4. The summed E-state index contributed by atoms with van der Waals surface area (Å²) in [4.78, 5) is 12.2. The monoisotopic (exact) mass is 389 g/mol. The van der Waals surface area contributed by atoms with Gasteiger partial charge in [0.05, 0.1) is 13.2 Å². The standard InChI is InChI=1S/C21H31N3O4/c1-27-16-4-2-14(3-5-16)12-17-19(18(25)13-23-17)28-20(26)22-11-7-15-6-8-21(24-15)9-10-21/h2-5,15,17-19,23-25H,6-13H2,1H3,(H,22,26)/t15-,17+,18-,19-/m0/s1. The van der Waals surface area contributed by atoms with Crippen LogP contribution >= 0.6 is 0 Å². The van der Waals surface area contributed by atoms with Gasteiger partial charge in [-0.15, -0.1) is 0 Å². The number of rotatable bonds is 7. The van der Waals surface area contributed by atoms with E-state index in [1.807, 2.05) is 24.3 Å². The van der Waals surface area contributed by atoms with Crippen LogP contribution in [0.4, 0.5) is 4.79 Å². The van der Waals surface area contributed by atoms with Gasteiger partial charge in [-0.25, -0.2) is 4.79 Å². The molecule has 3 fully saturated rings. The van der Waals surface area contributed by atoms with Crippen LogP contribution in [0.1, 0.15) is 37.7 Å². The molecule has 154 valence electrons. The van der Waals surface area contributed by atoms with Crippen LogP contribution in [-0.2, 0) is 11.2 Å². The van der Waals surface area contributed by atoms with Crippen molar-refractivity contribution in [3.63, 3.8) is 0 Å². The summed E-state index contributed by atoms with van der Waals surface area (Å²) in [5.74, 6) is 0.805. The second-order valence-electron chi connectivity index (χ2n) is 8.38. The third-order valence-electron chi connectivity index (χ3n) is 6.32. The predicted molar refractivity (Wildman–Crippen MR) is 106 cm³/mol. The fraction of sp³-hybridized carbons (Fsp3) is 0.667. The lowest BCUT2D eigenvalue weighted by molar-refractivity contribution is 0.0189. The molecule has 4 rings (SSSR count). The summed E-state index contributed by atoms with van der Waals surface area (Å²) in [5, 5.41) is 20.0. The van der Waals surface area contributed by atoms with Crippen molar-refractivity contribution >= 4 is 6.09 Å². The summed E-state index contributed by atoms with van der Waals surface area (Å²) in [7, 11) is 1.64. The van der Waals surface area contributed by atoms with Crippen LogP contribution in [-0.4, -0.2) is 61.2 Å². The first kappa shape index (κ1) is 19.5. The molecule has 1 saturated carbocycles. The number of aliphatic hydroxyl groups excluding tert-OH is 1. The molecule has 2 aliphatic heterocycles. The fourth-order valence-corrected chi connectivity index (χ4v) is 4.44. The second-order valence-corrected chi connectivity index (χ2v) is 8.38. The molecule has 2 saturated heterocycles. The Morgan fingerprint density at radius 1 is 1.29 bits per heavy atom. The summed E-state index contributed by atoms with van der Waals surface area (Å²) in [6, 6.07) is 8.18. The van der Waals surface area contributed by atoms with Crippen LogP contribution < -0.4 is 20.7 Å². The Kier molecular flexibility index (Phi) is 5.75. The van der Waals surface area contributed by atoms with Crippen molar-refractivity contribution in [2.24, 2.45) is 0 Å². The van der Waals surface area contributed by atoms with E-state index in [-0.39, 0.29) is 6.04 Å². The van der Waals surface area contributed by atoms with E-state index in [1.165, 1.54) is 25.7 Å². The molecule has 0 bridgehead atoms. The molecule has 4 N–H and O–H groups in total. The molecule has 1 spiro atoms. The van der Waals surface area contributed by atoms with Crippen molar-refractivity contribution in [1.29, 1.82) is 0 Å². The normalized spacial score (nSPS) is 30.4. The summed E-state index contributed by atoms with van der Waals surface area (Å²) in [6.07, 6.45) is 4.92. The molecular weight excluding hydrogens is 358 g/mol. The molecule has 0 radical (unpaired) electrons. The van der Waals surface area contributed by atoms with Gasteiger partial charge in [-0.05, 0) is 56.2 Å². The molecule has 3 aliphatic rings. The van der Waals surface area contributed by atoms with Crippen LogP contribution in [0.25, 0.3) is 0 Å². The molecule has 0 aromatic heterocycles. The van der Waals surface area contributed by atoms with Crippen molar-refractivity contribution in [1.82, 2.24) is 16.0 Å². The van der Waals surface area contributed by atoms with Gasteiger partial charge < -0.3 is 30.5 Å². The van der Waals surface area contributed by atoms with E-state index in [1.54, 1.807) is 7.11 Å². The molecule has 2 heterocycles. The number of ether oxygens (including phenoxy) is 2. The van der Waals surface area contributed by atoms with E-state index in [2.05, 4.69) is 16.0 Å². The lowest BCUT2D eigenvalue weighted by atomic mass is 10.0. The Morgan fingerprint density at radius 3 is 2.75 bits per heavy atom. The van der Waals surface area contributed by atoms with E-state index in [9.17, 15) is 9.90 Å². The zero-order chi connectivity index (χ0) is 19.6. The first-order chi connectivity index (χ1) is 13.6. The van der Waals surface area contributed by atoms with Crippen LogP contribution in [0, 0.1) is 0 Å². The smallest absolute Gasteiger partial charge is 0.407 e. The van der Waals surface area contributed by atoms with Crippen LogP contribution in [0.15, 0.2) is 24.3 Å². The summed E-state index contributed by atoms with van der Waals surface area (Å²) in [5.41, 5.74) is 1.53. The highest BCUT2D eigenvalue weighted by Crippen LogP contribution is 2.44. The highest BCUT2D eigenvalue weighted by molar-refractivity contribution is 5.67. The van der Waals surface area contributed by atoms with Gasteiger partial charge in [-0.2, -0.15) is 0 Å². The molecule has 4 atom stereocenters. The fourth-order valence-electron chi connectivity index (χ4n) is 4.44. The number of amides is 1. The Morgan fingerprint density at radius 2 is 2.07 bits per heavy atom. The SMILES string of the molecule is COc1ccc(C[C@H]2NC[C@H](O)[C@H]2OC(=O)NCC[C@@H]2CCC3(CC3)N2)cc1. The van der Waals surface area contributed by atoms with Crippen LogP contribution in [0.2, 0.25) is 0 Å². The number of nitrogens with one attached hydrogen (secondary N) is 3. The lowest BCUT2D eigenvalue weighted by Gasteiger charge is -2.22. The molecule has 1 aromatic rings. The summed E-state index contributed by atoms with van der Waals surface area (Å²) < 4.78 is 10.7. The van der Waals surface area contributed by atoms with E-state index >= 15 is 0 Å². The highest BCUT2D eigenvalue weighted by Gasteiger charge is 2.47. The number of alkyl carbamates (subject to hydrolysis) is 1. The van der Waals surface area contributed by atoms with Crippen molar-refractivity contribution in [3.05, 3.63) is 29.8 Å². The molecular formula is C21H31N3O4. The third-order valence-corrected chi connectivity index (χ3v) is 6.32. The minimum absolute atomic E-state index is 0.111. The number of hydrogen-bond acceptors (Lipinski definition) is 6. The molecule has 0 unspecified atom stereocenters. The number of hydrogen-bond donors (Lipinski definition) is 4. The molecule has 1 aromatic carbocycles. The summed E-state index contributed by atoms with van der Waals surface area (Å²) in [6.45, 7) is 1.01. The van der Waals surface area contributed by atoms with Crippen LogP contribution in [0.3, 0.4) is 0 Å². The highest BCUT2D eigenvalue weighted by atomic mass is 16.6. The Hall–Kier alpha value is -1.83. The van der Waals surface area contributed by atoms with Crippen molar-refractivity contribution in [2.75, 3.05) is 20.2 Å².